The number of hydrogen-bond donors (Lipinski definition) is 3. The van der Waals surface area contributed by atoms with E-state index < -0.39 is 0 Å². The Morgan fingerprint density at radius 1 is 1.23 bits per heavy atom. The Morgan fingerprint density at radius 3 is 2.70 bits per heavy atom. The van der Waals surface area contributed by atoms with Gasteiger partial charge in [-0.25, -0.2) is 4.99 Å². The number of aliphatic imine (C=N–C) groups is 1. The smallest absolute Gasteiger partial charge is 0.224 e. The van der Waals surface area contributed by atoms with E-state index in [4.69, 9.17) is 9.47 Å². The molecule has 30 heavy (non-hydrogen) atoms. The van der Waals surface area contributed by atoms with Gasteiger partial charge >= 0.3 is 0 Å². The molecule has 1 aromatic rings. The minimum atomic E-state index is 0. The molecule has 1 atom stereocenters. The van der Waals surface area contributed by atoms with Gasteiger partial charge in [-0.3, -0.25) is 4.79 Å². The Balaban J connectivity index is 0.00000450. The van der Waals surface area contributed by atoms with Crippen LogP contribution in [0.15, 0.2) is 29.3 Å². The van der Waals surface area contributed by atoms with Crippen molar-refractivity contribution in [3.63, 3.8) is 0 Å². The number of ether oxygens (including phenoxy) is 2. The number of carbonyl (C=O) groups is 1. The van der Waals surface area contributed by atoms with Gasteiger partial charge in [-0.05, 0) is 50.3 Å². The van der Waals surface area contributed by atoms with E-state index in [0.717, 1.165) is 69.2 Å². The molecule has 0 aromatic heterocycles. The van der Waals surface area contributed by atoms with E-state index >= 15 is 0 Å². The molecule has 2 rings (SSSR count). The normalized spacial score (nSPS) is 16.1. The Morgan fingerprint density at radius 2 is 2.03 bits per heavy atom. The highest BCUT2D eigenvalue weighted by molar-refractivity contribution is 14.0. The van der Waals surface area contributed by atoms with E-state index in [1.54, 1.807) is 0 Å². The van der Waals surface area contributed by atoms with Crippen LogP contribution in [-0.4, -0.2) is 50.9 Å². The number of carbonyl (C=O) groups excluding carboxylic acids is 1. The second kappa shape index (κ2) is 16.3. The largest absolute Gasteiger partial charge is 0.379 e. The monoisotopic (exact) mass is 532 g/mol. The molecule has 1 aromatic carbocycles. The Kier molecular flexibility index (Phi) is 14.5. The molecule has 8 heteroatoms. The summed E-state index contributed by atoms with van der Waals surface area (Å²) in [6.45, 7) is 8.52. The molecule has 0 spiro atoms. The number of benzene rings is 1. The van der Waals surface area contributed by atoms with E-state index in [-0.39, 0.29) is 36.0 Å². The third kappa shape index (κ3) is 11.1. The van der Waals surface area contributed by atoms with Crippen LogP contribution in [0.5, 0.6) is 0 Å². The van der Waals surface area contributed by atoms with Crippen LogP contribution in [-0.2, 0) is 20.8 Å². The molecule has 1 saturated heterocycles. The van der Waals surface area contributed by atoms with Crippen LogP contribution in [0.4, 0.5) is 5.69 Å². The summed E-state index contributed by atoms with van der Waals surface area (Å²) >= 11 is 0. The summed E-state index contributed by atoms with van der Waals surface area (Å²) < 4.78 is 11.2. The summed E-state index contributed by atoms with van der Waals surface area (Å²) in [7, 11) is 0. The quantitative estimate of drug-likeness (QED) is 0.166. The fourth-order valence-electron chi connectivity index (χ4n) is 3.03. The third-order valence-electron chi connectivity index (χ3n) is 4.56. The molecule has 1 heterocycles. The molecule has 1 fully saturated rings. The van der Waals surface area contributed by atoms with Crippen molar-refractivity contribution in [2.45, 2.75) is 58.6 Å². The molecule has 3 N–H and O–H groups in total. The van der Waals surface area contributed by atoms with E-state index in [2.05, 4.69) is 27.9 Å². The van der Waals surface area contributed by atoms with Crippen molar-refractivity contribution in [2.24, 2.45) is 4.99 Å². The highest BCUT2D eigenvalue weighted by Crippen LogP contribution is 2.12. The molecule has 1 amide bonds. The van der Waals surface area contributed by atoms with Crippen molar-refractivity contribution in [3.8, 4) is 0 Å². The summed E-state index contributed by atoms with van der Waals surface area (Å²) in [5.74, 6) is 0.851. The minimum Gasteiger partial charge on any atom is -0.379 e. The molecule has 0 bridgehead atoms. The molecule has 0 radical (unpaired) electrons. The van der Waals surface area contributed by atoms with Crippen LogP contribution in [0.3, 0.4) is 0 Å². The molecule has 1 aliphatic rings. The number of amides is 1. The molecular formula is C22H37IN4O3. The van der Waals surface area contributed by atoms with E-state index in [1.807, 2.05) is 31.2 Å². The summed E-state index contributed by atoms with van der Waals surface area (Å²) in [5.41, 5.74) is 1.92. The van der Waals surface area contributed by atoms with Crippen LogP contribution >= 0.6 is 24.0 Å². The second-order valence-corrected chi connectivity index (χ2v) is 7.18. The van der Waals surface area contributed by atoms with Crippen molar-refractivity contribution in [1.29, 1.82) is 0 Å². The minimum absolute atomic E-state index is 0. The highest BCUT2D eigenvalue weighted by atomic mass is 127. The molecule has 1 unspecified atom stereocenters. The molecule has 0 saturated carbocycles. The van der Waals surface area contributed by atoms with Crippen LogP contribution in [0.25, 0.3) is 0 Å². The summed E-state index contributed by atoms with van der Waals surface area (Å²) in [4.78, 5) is 16.3. The fraction of sp³-hybridized carbons (Fsp3) is 0.636. The Bertz CT molecular complexity index is 619. The Hall–Kier alpha value is -1.39. The maximum absolute atomic E-state index is 11.7. The van der Waals surface area contributed by atoms with Gasteiger partial charge in [0.05, 0.1) is 19.3 Å². The zero-order chi connectivity index (χ0) is 20.7. The number of nitrogens with one attached hydrogen (secondary N) is 3. The summed E-state index contributed by atoms with van der Waals surface area (Å²) in [6, 6.07) is 7.83. The first kappa shape index (κ1) is 26.6. The molecule has 7 nitrogen and oxygen atoms in total. The van der Waals surface area contributed by atoms with Crippen LogP contribution < -0.4 is 16.0 Å². The maximum Gasteiger partial charge on any atom is 0.224 e. The van der Waals surface area contributed by atoms with Crippen molar-refractivity contribution in [3.05, 3.63) is 29.8 Å². The SMILES string of the molecule is CCCC(=O)Nc1ccc(CN=C(NCC)NCCCOCC2CCCO2)cc1.I. The first-order valence-corrected chi connectivity index (χ1v) is 10.8. The van der Waals surface area contributed by atoms with Gasteiger partial charge in [0.1, 0.15) is 0 Å². The van der Waals surface area contributed by atoms with Crippen molar-refractivity contribution < 1.29 is 14.3 Å². The lowest BCUT2D eigenvalue weighted by Gasteiger charge is -2.13. The first-order valence-electron chi connectivity index (χ1n) is 10.8. The lowest BCUT2D eigenvalue weighted by molar-refractivity contribution is -0.116. The number of rotatable bonds is 12. The van der Waals surface area contributed by atoms with E-state index in [0.29, 0.717) is 19.6 Å². The summed E-state index contributed by atoms with van der Waals surface area (Å²) in [6.07, 6.45) is 4.86. The zero-order valence-corrected chi connectivity index (χ0v) is 20.6. The highest BCUT2D eigenvalue weighted by Gasteiger charge is 2.14. The van der Waals surface area contributed by atoms with Crippen LogP contribution in [0, 0.1) is 0 Å². The number of halogens is 1. The summed E-state index contributed by atoms with van der Waals surface area (Å²) in [5, 5.41) is 9.50. The lowest BCUT2D eigenvalue weighted by Crippen LogP contribution is -2.38. The molecule has 170 valence electrons. The number of nitrogens with zero attached hydrogens (tertiary/aromatic N) is 1. The van der Waals surface area contributed by atoms with Crippen LogP contribution in [0.2, 0.25) is 0 Å². The van der Waals surface area contributed by atoms with Gasteiger partial charge in [0, 0.05) is 38.4 Å². The number of guanidine groups is 1. The van der Waals surface area contributed by atoms with Gasteiger partial charge in [-0.2, -0.15) is 0 Å². The van der Waals surface area contributed by atoms with E-state index in [1.165, 1.54) is 0 Å². The fourth-order valence-corrected chi connectivity index (χ4v) is 3.03. The molecule has 0 aliphatic carbocycles. The third-order valence-corrected chi connectivity index (χ3v) is 4.56. The molecular weight excluding hydrogens is 495 g/mol. The second-order valence-electron chi connectivity index (χ2n) is 7.18. The van der Waals surface area contributed by atoms with Gasteiger partial charge in [-0.15, -0.1) is 24.0 Å². The van der Waals surface area contributed by atoms with E-state index in [9.17, 15) is 4.79 Å². The van der Waals surface area contributed by atoms with Gasteiger partial charge in [0.15, 0.2) is 5.96 Å². The predicted molar refractivity (Wildman–Crippen MR) is 133 cm³/mol. The standard InChI is InChI=1S/C22H36N4O3.HI/c1-3-7-21(27)26-19-11-9-18(10-12-19)16-25-22(23-4-2)24-13-6-14-28-17-20-8-5-15-29-20;/h9-12,20H,3-8,13-17H2,1-2H3,(H,26,27)(H2,23,24,25);1H. The average Bonchev–Trinajstić information content (AvgIpc) is 3.23. The van der Waals surface area contributed by atoms with Crippen molar-refractivity contribution in [1.82, 2.24) is 10.6 Å². The van der Waals surface area contributed by atoms with Crippen molar-refractivity contribution in [2.75, 3.05) is 38.2 Å². The van der Waals surface area contributed by atoms with Gasteiger partial charge in [-0.1, -0.05) is 19.1 Å². The lowest BCUT2D eigenvalue weighted by atomic mass is 10.2. The van der Waals surface area contributed by atoms with Gasteiger partial charge in [0.25, 0.3) is 0 Å². The van der Waals surface area contributed by atoms with Gasteiger partial charge < -0.3 is 25.4 Å². The predicted octanol–water partition coefficient (Wildman–Crippen LogP) is 3.68. The maximum atomic E-state index is 11.7. The first-order chi connectivity index (χ1) is 14.2. The number of anilines is 1. The molecule has 1 aliphatic heterocycles. The topological polar surface area (TPSA) is 84.0 Å². The number of hydrogen-bond acceptors (Lipinski definition) is 4. The Labute approximate surface area is 197 Å². The zero-order valence-electron chi connectivity index (χ0n) is 18.2. The average molecular weight is 532 g/mol. The van der Waals surface area contributed by atoms with Gasteiger partial charge in [0.2, 0.25) is 5.91 Å². The van der Waals surface area contributed by atoms with Crippen LogP contribution in [0.1, 0.15) is 51.5 Å². The van der Waals surface area contributed by atoms with Crippen molar-refractivity contribution >= 4 is 41.5 Å².